The molecule has 2 aromatic carbocycles. The zero-order valence-corrected chi connectivity index (χ0v) is 15.0. The van der Waals surface area contributed by atoms with E-state index in [0.29, 0.717) is 25.3 Å². The number of nitriles is 1. The number of phenols is 1. The Bertz CT molecular complexity index is 724. The lowest BCUT2D eigenvalue weighted by atomic mass is 9.83. The third-order valence-corrected chi connectivity index (χ3v) is 4.19. The van der Waals surface area contributed by atoms with Gasteiger partial charge in [0.2, 0.25) is 0 Å². The van der Waals surface area contributed by atoms with Gasteiger partial charge in [0.1, 0.15) is 5.75 Å². The van der Waals surface area contributed by atoms with Gasteiger partial charge in [-0.3, -0.25) is 0 Å². The number of hydrogen-bond acceptors (Lipinski definition) is 3. The van der Waals surface area contributed by atoms with E-state index in [1.807, 2.05) is 37.4 Å². The number of rotatable bonds is 5. The van der Waals surface area contributed by atoms with Crippen molar-refractivity contribution in [3.63, 3.8) is 0 Å². The van der Waals surface area contributed by atoms with Crippen molar-refractivity contribution in [3.05, 3.63) is 53.6 Å². The van der Waals surface area contributed by atoms with E-state index in [1.165, 1.54) is 5.56 Å². The molecule has 126 valence electrons. The van der Waals surface area contributed by atoms with Gasteiger partial charge in [0.15, 0.2) is 0 Å². The first-order valence-electron chi connectivity index (χ1n) is 8.30. The van der Waals surface area contributed by atoms with Crippen LogP contribution in [0, 0.1) is 11.3 Å². The summed E-state index contributed by atoms with van der Waals surface area (Å²) in [7, 11) is 1.97. The van der Waals surface area contributed by atoms with Crippen molar-refractivity contribution in [1.82, 2.24) is 4.90 Å². The molecule has 3 heteroatoms. The van der Waals surface area contributed by atoms with E-state index >= 15 is 0 Å². The Morgan fingerprint density at radius 1 is 1.12 bits per heavy atom. The summed E-state index contributed by atoms with van der Waals surface area (Å²) < 4.78 is 0. The van der Waals surface area contributed by atoms with Crippen molar-refractivity contribution in [3.8, 4) is 22.9 Å². The maximum absolute atomic E-state index is 10.8. The number of aromatic hydroxyl groups is 1. The molecule has 1 N–H and O–H groups in total. The monoisotopic (exact) mass is 322 g/mol. The van der Waals surface area contributed by atoms with E-state index in [-0.39, 0.29) is 5.41 Å². The minimum atomic E-state index is -0.00277. The number of phenolic OH excluding ortho intramolecular Hbond substituents is 1. The van der Waals surface area contributed by atoms with Crippen LogP contribution in [0.1, 0.15) is 38.3 Å². The van der Waals surface area contributed by atoms with Crippen LogP contribution in [0.15, 0.2) is 42.5 Å². The Kier molecular flexibility index (Phi) is 5.64. The zero-order valence-electron chi connectivity index (χ0n) is 15.0. The normalized spacial score (nSPS) is 11.5. The lowest BCUT2D eigenvalue weighted by Crippen LogP contribution is -2.20. The molecule has 0 saturated heterocycles. The topological polar surface area (TPSA) is 47.3 Å². The SMILES string of the molecule is CN(CCC#N)Cc1cc(C(C)(C)C)cc(-c2ccccc2)c1O. The van der Waals surface area contributed by atoms with Crippen molar-refractivity contribution >= 4 is 0 Å². The number of benzene rings is 2. The summed E-state index contributed by atoms with van der Waals surface area (Å²) in [5.74, 6) is 0.331. The first kappa shape index (κ1) is 18.0. The summed E-state index contributed by atoms with van der Waals surface area (Å²) in [6.07, 6.45) is 0.488. The second kappa shape index (κ2) is 7.51. The first-order chi connectivity index (χ1) is 11.3. The quantitative estimate of drug-likeness (QED) is 0.867. The zero-order chi connectivity index (χ0) is 17.7. The smallest absolute Gasteiger partial charge is 0.127 e. The van der Waals surface area contributed by atoms with Gasteiger partial charge in [0, 0.05) is 30.6 Å². The molecule has 2 aromatic rings. The molecule has 24 heavy (non-hydrogen) atoms. The Labute approximate surface area is 145 Å². The Hall–Kier alpha value is -2.31. The van der Waals surface area contributed by atoms with E-state index in [2.05, 4.69) is 43.9 Å². The third-order valence-electron chi connectivity index (χ3n) is 4.19. The lowest BCUT2D eigenvalue weighted by molar-refractivity contribution is 0.327. The van der Waals surface area contributed by atoms with Crippen LogP contribution in [-0.4, -0.2) is 23.6 Å². The fraction of sp³-hybridized carbons (Fsp3) is 0.381. The average Bonchev–Trinajstić information content (AvgIpc) is 2.54. The van der Waals surface area contributed by atoms with Crippen LogP contribution in [0.2, 0.25) is 0 Å². The molecule has 0 amide bonds. The summed E-state index contributed by atoms with van der Waals surface area (Å²) in [6.45, 7) is 7.85. The summed E-state index contributed by atoms with van der Waals surface area (Å²) in [6, 6.07) is 16.3. The maximum Gasteiger partial charge on any atom is 0.127 e. The van der Waals surface area contributed by atoms with Gasteiger partial charge in [-0.15, -0.1) is 0 Å². The van der Waals surface area contributed by atoms with Crippen molar-refractivity contribution in [2.45, 2.75) is 39.2 Å². The van der Waals surface area contributed by atoms with Gasteiger partial charge in [-0.05, 0) is 29.7 Å². The highest BCUT2D eigenvalue weighted by atomic mass is 16.3. The Morgan fingerprint density at radius 3 is 2.38 bits per heavy atom. The molecule has 3 nitrogen and oxygen atoms in total. The molecule has 0 aliphatic heterocycles. The molecular formula is C21H26N2O. The molecule has 0 spiro atoms. The van der Waals surface area contributed by atoms with Gasteiger partial charge in [-0.1, -0.05) is 57.2 Å². The molecule has 0 aliphatic carbocycles. The molecule has 0 radical (unpaired) electrons. The van der Waals surface area contributed by atoms with Crippen LogP contribution in [0.3, 0.4) is 0 Å². The van der Waals surface area contributed by atoms with Crippen LogP contribution in [0.25, 0.3) is 11.1 Å². The van der Waals surface area contributed by atoms with E-state index in [4.69, 9.17) is 5.26 Å². The lowest BCUT2D eigenvalue weighted by Gasteiger charge is -2.24. The van der Waals surface area contributed by atoms with Gasteiger partial charge in [0.05, 0.1) is 6.07 Å². The second-order valence-electron chi connectivity index (χ2n) is 7.29. The molecule has 0 bridgehead atoms. The van der Waals surface area contributed by atoms with Crippen molar-refractivity contribution in [2.75, 3.05) is 13.6 Å². The van der Waals surface area contributed by atoms with E-state index in [0.717, 1.165) is 16.7 Å². The van der Waals surface area contributed by atoms with Crippen molar-refractivity contribution in [2.24, 2.45) is 0 Å². The minimum Gasteiger partial charge on any atom is -0.507 e. The fourth-order valence-electron chi connectivity index (χ4n) is 2.70. The molecule has 0 aliphatic rings. The fourth-order valence-corrected chi connectivity index (χ4v) is 2.70. The largest absolute Gasteiger partial charge is 0.507 e. The van der Waals surface area contributed by atoms with Crippen LogP contribution in [0.5, 0.6) is 5.75 Å². The standard InChI is InChI=1S/C21H26N2O/c1-21(2,3)18-13-17(15-23(4)12-8-11-22)20(24)19(14-18)16-9-6-5-7-10-16/h5-7,9-10,13-14,24H,8,12,15H2,1-4H3. The molecule has 2 rings (SSSR count). The molecular weight excluding hydrogens is 296 g/mol. The van der Waals surface area contributed by atoms with Gasteiger partial charge < -0.3 is 10.0 Å². The molecule has 0 unspecified atom stereocenters. The molecule has 0 atom stereocenters. The van der Waals surface area contributed by atoms with Gasteiger partial charge in [-0.25, -0.2) is 0 Å². The molecule has 0 aromatic heterocycles. The third kappa shape index (κ3) is 4.37. The second-order valence-corrected chi connectivity index (χ2v) is 7.29. The minimum absolute atomic E-state index is 0.00277. The first-order valence-corrected chi connectivity index (χ1v) is 8.30. The predicted octanol–water partition coefficient (Wildman–Crippen LogP) is 4.70. The van der Waals surface area contributed by atoms with E-state index < -0.39 is 0 Å². The highest BCUT2D eigenvalue weighted by Crippen LogP contribution is 2.37. The van der Waals surface area contributed by atoms with Crippen molar-refractivity contribution < 1.29 is 5.11 Å². The predicted molar refractivity (Wildman–Crippen MR) is 98.8 cm³/mol. The summed E-state index contributed by atoms with van der Waals surface area (Å²) in [5.41, 5.74) is 3.98. The summed E-state index contributed by atoms with van der Waals surface area (Å²) in [5, 5.41) is 19.6. The number of nitrogens with zero attached hydrogens (tertiary/aromatic N) is 2. The molecule has 0 fully saturated rings. The Morgan fingerprint density at radius 2 is 1.79 bits per heavy atom. The van der Waals surface area contributed by atoms with E-state index in [1.54, 1.807) is 0 Å². The number of hydrogen-bond donors (Lipinski definition) is 1. The average molecular weight is 322 g/mol. The maximum atomic E-state index is 10.8. The van der Waals surface area contributed by atoms with Gasteiger partial charge in [0.25, 0.3) is 0 Å². The van der Waals surface area contributed by atoms with Crippen LogP contribution in [0.4, 0.5) is 0 Å². The van der Waals surface area contributed by atoms with Gasteiger partial charge >= 0.3 is 0 Å². The van der Waals surface area contributed by atoms with Gasteiger partial charge in [-0.2, -0.15) is 5.26 Å². The highest BCUT2D eigenvalue weighted by molar-refractivity contribution is 5.73. The van der Waals surface area contributed by atoms with Crippen LogP contribution >= 0.6 is 0 Å². The summed E-state index contributed by atoms with van der Waals surface area (Å²) in [4.78, 5) is 2.07. The summed E-state index contributed by atoms with van der Waals surface area (Å²) >= 11 is 0. The highest BCUT2D eigenvalue weighted by Gasteiger charge is 2.20. The van der Waals surface area contributed by atoms with Crippen LogP contribution < -0.4 is 0 Å². The van der Waals surface area contributed by atoms with E-state index in [9.17, 15) is 5.11 Å². The van der Waals surface area contributed by atoms with Crippen LogP contribution in [-0.2, 0) is 12.0 Å². The van der Waals surface area contributed by atoms with Crippen molar-refractivity contribution in [1.29, 1.82) is 5.26 Å². The Balaban J connectivity index is 2.48. The molecule has 0 saturated carbocycles. The molecule has 0 heterocycles.